The molecule has 0 aliphatic heterocycles. The van der Waals surface area contributed by atoms with Gasteiger partial charge in [0.05, 0.1) is 6.61 Å². The van der Waals surface area contributed by atoms with Gasteiger partial charge in [0.25, 0.3) is 0 Å². The first kappa shape index (κ1) is 13.4. The molecule has 0 bridgehead atoms. The Bertz CT molecular complexity index is 269. The summed E-state index contributed by atoms with van der Waals surface area (Å²) >= 11 is 0. The number of hydrogen-bond donors (Lipinski definition) is 0. The molecule has 0 spiro atoms. The third-order valence-electron chi connectivity index (χ3n) is 1.94. The van der Waals surface area contributed by atoms with Gasteiger partial charge in [-0.3, -0.25) is 4.79 Å². The fourth-order valence-corrected chi connectivity index (χ4v) is 2.50. The van der Waals surface area contributed by atoms with Crippen LogP contribution in [0.25, 0.3) is 0 Å². The maximum Gasteiger partial charge on any atom is 0.324 e. The largest absolute Gasteiger partial charge is 0.465 e. The number of sulfone groups is 1. The van der Waals surface area contributed by atoms with Crippen LogP contribution in [0.5, 0.6) is 0 Å². The lowest BCUT2D eigenvalue weighted by Gasteiger charge is -2.13. The molecular weight excluding hydrogens is 204 g/mol. The summed E-state index contributed by atoms with van der Waals surface area (Å²) in [5.74, 6) is -0.632. The molecule has 0 aromatic carbocycles. The monoisotopic (exact) mass is 222 g/mol. The molecule has 0 N–H and O–H groups in total. The maximum atomic E-state index is 11.5. The van der Waals surface area contributed by atoms with Crippen LogP contribution in [0.2, 0.25) is 0 Å². The number of carbonyl (C=O) groups is 1. The molecule has 84 valence electrons. The van der Waals surface area contributed by atoms with E-state index >= 15 is 0 Å². The van der Waals surface area contributed by atoms with E-state index in [1.54, 1.807) is 6.92 Å². The molecule has 0 amide bonds. The average molecular weight is 222 g/mol. The van der Waals surface area contributed by atoms with E-state index in [0.717, 1.165) is 0 Å². The van der Waals surface area contributed by atoms with Gasteiger partial charge in [0.15, 0.2) is 15.1 Å². The SMILES string of the molecule is CCCC(C(=O)OCC)S(=O)(=O)CC. The Hall–Kier alpha value is -0.580. The zero-order valence-electron chi connectivity index (χ0n) is 8.95. The van der Waals surface area contributed by atoms with E-state index in [4.69, 9.17) is 4.74 Å². The quantitative estimate of drug-likeness (QED) is 0.633. The summed E-state index contributed by atoms with van der Waals surface area (Å²) in [4.78, 5) is 11.3. The molecule has 0 radical (unpaired) electrons. The highest BCUT2D eigenvalue weighted by atomic mass is 32.2. The molecule has 0 aliphatic rings. The van der Waals surface area contributed by atoms with E-state index in [2.05, 4.69) is 0 Å². The van der Waals surface area contributed by atoms with E-state index in [0.29, 0.717) is 12.8 Å². The number of hydrogen-bond acceptors (Lipinski definition) is 4. The normalized spacial score (nSPS) is 13.6. The minimum absolute atomic E-state index is 0.0174. The van der Waals surface area contributed by atoms with Crippen molar-refractivity contribution in [2.75, 3.05) is 12.4 Å². The Morgan fingerprint density at radius 2 is 1.86 bits per heavy atom. The van der Waals surface area contributed by atoms with Crippen LogP contribution in [0.1, 0.15) is 33.6 Å². The molecule has 0 fully saturated rings. The van der Waals surface area contributed by atoms with Crippen LogP contribution >= 0.6 is 0 Å². The van der Waals surface area contributed by atoms with Gasteiger partial charge in [-0.2, -0.15) is 0 Å². The zero-order valence-corrected chi connectivity index (χ0v) is 9.76. The van der Waals surface area contributed by atoms with E-state index in [9.17, 15) is 13.2 Å². The molecule has 0 heterocycles. The van der Waals surface area contributed by atoms with Crippen molar-refractivity contribution in [1.82, 2.24) is 0 Å². The van der Waals surface area contributed by atoms with Crippen LogP contribution < -0.4 is 0 Å². The van der Waals surface area contributed by atoms with Crippen molar-refractivity contribution in [3.05, 3.63) is 0 Å². The highest BCUT2D eigenvalue weighted by molar-refractivity contribution is 7.92. The van der Waals surface area contributed by atoms with Crippen molar-refractivity contribution in [3.8, 4) is 0 Å². The van der Waals surface area contributed by atoms with Crippen LogP contribution in [0.15, 0.2) is 0 Å². The van der Waals surface area contributed by atoms with Crippen molar-refractivity contribution in [2.24, 2.45) is 0 Å². The summed E-state index contributed by atoms with van der Waals surface area (Å²) in [6.07, 6.45) is 0.998. The molecule has 14 heavy (non-hydrogen) atoms. The minimum atomic E-state index is -3.32. The highest BCUT2D eigenvalue weighted by Crippen LogP contribution is 2.11. The molecule has 0 rings (SSSR count). The van der Waals surface area contributed by atoms with Crippen LogP contribution in [0.3, 0.4) is 0 Å². The fourth-order valence-electron chi connectivity index (χ4n) is 1.14. The lowest BCUT2D eigenvalue weighted by Crippen LogP contribution is -2.33. The summed E-state index contributed by atoms with van der Waals surface area (Å²) in [6, 6.07) is 0. The van der Waals surface area contributed by atoms with Gasteiger partial charge in [-0.25, -0.2) is 8.42 Å². The average Bonchev–Trinajstić information content (AvgIpc) is 2.14. The van der Waals surface area contributed by atoms with Crippen LogP contribution in [-0.2, 0) is 19.4 Å². The van der Waals surface area contributed by atoms with Gasteiger partial charge in [-0.15, -0.1) is 0 Å². The summed E-state index contributed by atoms with van der Waals surface area (Å²) in [6.45, 7) is 5.27. The Labute approximate surface area is 85.6 Å². The van der Waals surface area contributed by atoms with E-state index < -0.39 is 21.1 Å². The second-order valence-electron chi connectivity index (χ2n) is 2.98. The third kappa shape index (κ3) is 3.65. The zero-order chi connectivity index (χ0) is 11.2. The Kier molecular flexibility index (Phi) is 5.76. The Morgan fingerprint density at radius 1 is 1.29 bits per heavy atom. The predicted molar refractivity (Wildman–Crippen MR) is 54.8 cm³/mol. The molecule has 5 heteroatoms. The molecule has 1 unspecified atom stereocenters. The molecular formula is C9H18O4S. The van der Waals surface area contributed by atoms with Gasteiger partial charge in [0.2, 0.25) is 0 Å². The lowest BCUT2D eigenvalue weighted by atomic mass is 10.2. The number of esters is 1. The first-order chi connectivity index (χ1) is 6.49. The lowest BCUT2D eigenvalue weighted by molar-refractivity contribution is -0.142. The summed E-state index contributed by atoms with van der Waals surface area (Å²) in [5.41, 5.74) is 0. The van der Waals surface area contributed by atoms with Gasteiger partial charge in [0, 0.05) is 5.75 Å². The van der Waals surface area contributed by atoms with Crippen LogP contribution in [0.4, 0.5) is 0 Å². The molecule has 0 saturated carbocycles. The fraction of sp³-hybridized carbons (Fsp3) is 0.889. The smallest absolute Gasteiger partial charge is 0.324 e. The number of carbonyl (C=O) groups excluding carboxylic acids is 1. The van der Waals surface area contributed by atoms with Gasteiger partial charge < -0.3 is 4.74 Å². The second-order valence-corrected chi connectivity index (χ2v) is 5.45. The maximum absolute atomic E-state index is 11.5. The van der Waals surface area contributed by atoms with Crippen LogP contribution in [-0.4, -0.2) is 32.0 Å². The van der Waals surface area contributed by atoms with E-state index in [1.807, 2.05) is 6.92 Å². The summed E-state index contributed by atoms with van der Waals surface area (Å²) < 4.78 is 27.7. The molecule has 0 aromatic rings. The summed E-state index contributed by atoms with van der Waals surface area (Å²) in [7, 11) is -3.32. The van der Waals surface area contributed by atoms with Crippen LogP contribution in [0, 0.1) is 0 Å². The van der Waals surface area contributed by atoms with Gasteiger partial charge in [0.1, 0.15) is 0 Å². The van der Waals surface area contributed by atoms with Gasteiger partial charge >= 0.3 is 5.97 Å². The molecule has 4 nitrogen and oxygen atoms in total. The van der Waals surface area contributed by atoms with Crippen molar-refractivity contribution in [1.29, 1.82) is 0 Å². The highest BCUT2D eigenvalue weighted by Gasteiger charge is 2.31. The first-order valence-electron chi connectivity index (χ1n) is 4.87. The van der Waals surface area contributed by atoms with Crippen molar-refractivity contribution >= 4 is 15.8 Å². The molecule has 0 aromatic heterocycles. The Morgan fingerprint density at radius 3 is 2.21 bits per heavy atom. The standard InChI is InChI=1S/C9H18O4S/c1-4-7-8(9(10)13-5-2)14(11,12)6-3/h8H,4-7H2,1-3H3. The topological polar surface area (TPSA) is 60.4 Å². The van der Waals surface area contributed by atoms with Crippen molar-refractivity contribution < 1.29 is 17.9 Å². The second kappa shape index (κ2) is 6.01. The predicted octanol–water partition coefficient (Wildman–Crippen LogP) is 1.15. The molecule has 0 saturated heterocycles. The molecule has 0 aliphatic carbocycles. The van der Waals surface area contributed by atoms with Crippen molar-refractivity contribution in [3.63, 3.8) is 0 Å². The number of ether oxygens (including phenoxy) is 1. The van der Waals surface area contributed by atoms with Gasteiger partial charge in [-0.05, 0) is 13.3 Å². The molecule has 1 atom stereocenters. The Balaban J connectivity index is 4.68. The first-order valence-corrected chi connectivity index (χ1v) is 6.59. The number of rotatable bonds is 6. The van der Waals surface area contributed by atoms with Gasteiger partial charge in [-0.1, -0.05) is 20.3 Å². The van der Waals surface area contributed by atoms with E-state index in [-0.39, 0.29) is 12.4 Å². The van der Waals surface area contributed by atoms with E-state index in [1.165, 1.54) is 6.92 Å². The minimum Gasteiger partial charge on any atom is -0.465 e. The summed E-state index contributed by atoms with van der Waals surface area (Å²) in [5, 5.41) is -0.975. The van der Waals surface area contributed by atoms with Crippen molar-refractivity contribution in [2.45, 2.75) is 38.9 Å². The third-order valence-corrected chi connectivity index (χ3v) is 4.04.